The van der Waals surface area contributed by atoms with Crippen LogP contribution in [0.2, 0.25) is 5.02 Å². The standard InChI is InChI=1S/C14H20ClNO/c1-11-2-3-13(14(15)8-11)10-16-9-12-4-6-17-7-5-12/h2-3,8,12,16H,4-7,9-10H2,1H3. The average molecular weight is 254 g/mol. The molecule has 0 radical (unpaired) electrons. The zero-order chi connectivity index (χ0) is 12.1. The maximum Gasteiger partial charge on any atom is 0.0469 e. The Morgan fingerprint density at radius 2 is 2.12 bits per heavy atom. The number of hydrogen-bond acceptors (Lipinski definition) is 2. The minimum Gasteiger partial charge on any atom is -0.381 e. The molecule has 1 heterocycles. The molecular weight excluding hydrogens is 234 g/mol. The van der Waals surface area contributed by atoms with E-state index in [1.54, 1.807) is 0 Å². The third-order valence-corrected chi connectivity index (χ3v) is 3.65. The summed E-state index contributed by atoms with van der Waals surface area (Å²) in [5.74, 6) is 0.757. The Kier molecular flexibility index (Phi) is 4.84. The molecule has 0 saturated carbocycles. The van der Waals surface area contributed by atoms with Crippen LogP contribution < -0.4 is 5.32 Å². The predicted molar refractivity (Wildman–Crippen MR) is 71.4 cm³/mol. The molecule has 17 heavy (non-hydrogen) atoms. The molecular formula is C14H20ClNO. The van der Waals surface area contributed by atoms with Crippen molar-refractivity contribution in [3.63, 3.8) is 0 Å². The van der Waals surface area contributed by atoms with Crippen LogP contribution in [0.5, 0.6) is 0 Å². The van der Waals surface area contributed by atoms with Gasteiger partial charge in [-0.05, 0) is 49.4 Å². The van der Waals surface area contributed by atoms with Crippen LogP contribution >= 0.6 is 11.6 Å². The van der Waals surface area contributed by atoms with Gasteiger partial charge in [0.25, 0.3) is 0 Å². The maximum absolute atomic E-state index is 6.19. The van der Waals surface area contributed by atoms with Crippen LogP contribution in [0.1, 0.15) is 24.0 Å². The Morgan fingerprint density at radius 3 is 2.82 bits per heavy atom. The molecule has 1 N–H and O–H groups in total. The fourth-order valence-corrected chi connectivity index (χ4v) is 2.46. The molecule has 3 heteroatoms. The fraction of sp³-hybridized carbons (Fsp3) is 0.571. The Bertz CT molecular complexity index is 361. The molecule has 2 nitrogen and oxygen atoms in total. The van der Waals surface area contributed by atoms with E-state index in [-0.39, 0.29) is 0 Å². The van der Waals surface area contributed by atoms with E-state index >= 15 is 0 Å². The number of benzene rings is 1. The highest BCUT2D eigenvalue weighted by Gasteiger charge is 2.13. The predicted octanol–water partition coefficient (Wildman–Crippen LogP) is 3.16. The zero-order valence-corrected chi connectivity index (χ0v) is 11.1. The first kappa shape index (κ1) is 12.9. The molecule has 94 valence electrons. The Balaban J connectivity index is 1.77. The molecule has 1 saturated heterocycles. The molecule has 0 amide bonds. The van der Waals surface area contributed by atoms with Crippen molar-refractivity contribution in [2.45, 2.75) is 26.3 Å². The average Bonchev–Trinajstić information content (AvgIpc) is 2.33. The van der Waals surface area contributed by atoms with Gasteiger partial charge in [0.2, 0.25) is 0 Å². The lowest BCUT2D eigenvalue weighted by Crippen LogP contribution is -2.27. The molecule has 0 spiro atoms. The van der Waals surface area contributed by atoms with E-state index in [1.165, 1.54) is 24.0 Å². The monoisotopic (exact) mass is 253 g/mol. The summed E-state index contributed by atoms with van der Waals surface area (Å²) in [5.41, 5.74) is 2.40. The third-order valence-electron chi connectivity index (χ3n) is 3.30. The van der Waals surface area contributed by atoms with Crippen LogP contribution in [-0.2, 0) is 11.3 Å². The van der Waals surface area contributed by atoms with Gasteiger partial charge in [-0.3, -0.25) is 0 Å². The molecule has 0 unspecified atom stereocenters. The first-order valence-electron chi connectivity index (χ1n) is 6.29. The lowest BCUT2D eigenvalue weighted by atomic mass is 10.0. The van der Waals surface area contributed by atoms with Crippen LogP contribution in [0, 0.1) is 12.8 Å². The summed E-state index contributed by atoms with van der Waals surface area (Å²) in [6.07, 6.45) is 2.35. The Hall–Kier alpha value is -0.570. The van der Waals surface area contributed by atoms with Gasteiger partial charge in [-0.15, -0.1) is 0 Å². The molecule has 0 aliphatic carbocycles. The van der Waals surface area contributed by atoms with Gasteiger partial charge >= 0.3 is 0 Å². The summed E-state index contributed by atoms with van der Waals surface area (Å²) < 4.78 is 5.35. The summed E-state index contributed by atoms with van der Waals surface area (Å²) in [7, 11) is 0. The van der Waals surface area contributed by atoms with Gasteiger partial charge in [0.1, 0.15) is 0 Å². The van der Waals surface area contributed by atoms with Gasteiger partial charge in [-0.1, -0.05) is 23.7 Å². The summed E-state index contributed by atoms with van der Waals surface area (Å²) >= 11 is 6.19. The van der Waals surface area contributed by atoms with Gasteiger partial charge in [-0.2, -0.15) is 0 Å². The molecule has 2 rings (SSSR count). The van der Waals surface area contributed by atoms with Gasteiger partial charge in [-0.25, -0.2) is 0 Å². The number of aryl methyl sites for hydroxylation is 1. The van der Waals surface area contributed by atoms with Crippen LogP contribution in [0.15, 0.2) is 18.2 Å². The second-order valence-corrected chi connectivity index (χ2v) is 5.19. The van der Waals surface area contributed by atoms with Crippen molar-refractivity contribution in [2.75, 3.05) is 19.8 Å². The second-order valence-electron chi connectivity index (χ2n) is 4.78. The van der Waals surface area contributed by atoms with E-state index in [0.29, 0.717) is 0 Å². The van der Waals surface area contributed by atoms with E-state index < -0.39 is 0 Å². The van der Waals surface area contributed by atoms with E-state index in [1.807, 2.05) is 6.07 Å². The van der Waals surface area contributed by atoms with E-state index in [9.17, 15) is 0 Å². The normalized spacial score (nSPS) is 17.3. The Morgan fingerprint density at radius 1 is 1.35 bits per heavy atom. The minimum absolute atomic E-state index is 0.757. The molecule has 1 aromatic rings. The highest BCUT2D eigenvalue weighted by atomic mass is 35.5. The highest BCUT2D eigenvalue weighted by Crippen LogP contribution is 2.18. The van der Waals surface area contributed by atoms with Crippen molar-refractivity contribution >= 4 is 11.6 Å². The smallest absolute Gasteiger partial charge is 0.0469 e. The Labute approximate surface area is 108 Å². The van der Waals surface area contributed by atoms with Crippen molar-refractivity contribution in [2.24, 2.45) is 5.92 Å². The number of halogens is 1. The van der Waals surface area contributed by atoms with Crippen molar-refractivity contribution in [3.05, 3.63) is 34.3 Å². The van der Waals surface area contributed by atoms with Gasteiger partial charge < -0.3 is 10.1 Å². The SMILES string of the molecule is Cc1ccc(CNCC2CCOCC2)c(Cl)c1. The highest BCUT2D eigenvalue weighted by molar-refractivity contribution is 6.31. The lowest BCUT2D eigenvalue weighted by molar-refractivity contribution is 0.0662. The molecule has 0 aromatic heterocycles. The van der Waals surface area contributed by atoms with Gasteiger partial charge in [0, 0.05) is 24.8 Å². The first-order valence-corrected chi connectivity index (χ1v) is 6.67. The van der Waals surface area contributed by atoms with Crippen molar-refractivity contribution in [1.29, 1.82) is 0 Å². The number of ether oxygens (including phenoxy) is 1. The summed E-state index contributed by atoms with van der Waals surface area (Å²) in [6, 6.07) is 6.24. The quantitative estimate of drug-likeness (QED) is 0.890. The van der Waals surface area contributed by atoms with Crippen LogP contribution in [0.25, 0.3) is 0 Å². The molecule has 0 bridgehead atoms. The second kappa shape index (κ2) is 6.39. The number of hydrogen-bond donors (Lipinski definition) is 1. The minimum atomic E-state index is 0.757. The van der Waals surface area contributed by atoms with E-state index in [2.05, 4.69) is 24.4 Å². The summed E-state index contributed by atoms with van der Waals surface area (Å²) in [4.78, 5) is 0. The largest absolute Gasteiger partial charge is 0.381 e. The van der Waals surface area contributed by atoms with Crippen molar-refractivity contribution in [1.82, 2.24) is 5.32 Å². The van der Waals surface area contributed by atoms with Crippen LogP contribution in [0.4, 0.5) is 0 Å². The topological polar surface area (TPSA) is 21.3 Å². The summed E-state index contributed by atoms with van der Waals surface area (Å²) in [5, 5.41) is 4.36. The van der Waals surface area contributed by atoms with Gasteiger partial charge in [0.15, 0.2) is 0 Å². The van der Waals surface area contributed by atoms with Crippen molar-refractivity contribution < 1.29 is 4.74 Å². The van der Waals surface area contributed by atoms with Crippen LogP contribution in [0.3, 0.4) is 0 Å². The summed E-state index contributed by atoms with van der Waals surface area (Å²) in [6.45, 7) is 5.81. The molecule has 1 aromatic carbocycles. The molecule has 1 aliphatic heterocycles. The maximum atomic E-state index is 6.19. The number of nitrogens with one attached hydrogen (secondary N) is 1. The van der Waals surface area contributed by atoms with Crippen LogP contribution in [-0.4, -0.2) is 19.8 Å². The lowest BCUT2D eigenvalue weighted by Gasteiger charge is -2.22. The zero-order valence-electron chi connectivity index (χ0n) is 10.3. The third kappa shape index (κ3) is 3.98. The van der Waals surface area contributed by atoms with E-state index in [4.69, 9.17) is 16.3 Å². The van der Waals surface area contributed by atoms with Gasteiger partial charge in [0.05, 0.1) is 0 Å². The molecule has 1 aliphatic rings. The first-order chi connectivity index (χ1) is 8.25. The van der Waals surface area contributed by atoms with E-state index in [0.717, 1.165) is 37.2 Å². The van der Waals surface area contributed by atoms with Crippen molar-refractivity contribution in [3.8, 4) is 0 Å². The number of rotatable bonds is 4. The molecule has 0 atom stereocenters. The fourth-order valence-electron chi connectivity index (χ4n) is 2.16. The molecule has 1 fully saturated rings.